The predicted molar refractivity (Wildman–Crippen MR) is 72.7 cm³/mol. The highest BCUT2D eigenvalue weighted by Gasteiger charge is 2.08. The number of carbonyl (C=O) groups excluding carboxylic acids is 1. The van der Waals surface area contributed by atoms with Crippen molar-refractivity contribution in [1.29, 1.82) is 0 Å². The molecule has 88 valence electrons. The van der Waals surface area contributed by atoms with Crippen LogP contribution in [0.15, 0.2) is 30.3 Å². The van der Waals surface area contributed by atoms with Crippen molar-refractivity contribution in [2.45, 2.75) is 33.6 Å². The predicted octanol–water partition coefficient (Wildman–Crippen LogP) is 4.17. The van der Waals surface area contributed by atoms with Crippen LogP contribution in [0.1, 0.15) is 42.3 Å². The molecule has 0 radical (unpaired) electrons. The Hall–Kier alpha value is -1.63. The van der Waals surface area contributed by atoms with Crippen LogP contribution in [0.4, 0.5) is 0 Å². The Labute approximate surface area is 102 Å². The Bertz CT molecular complexity index is 567. The highest BCUT2D eigenvalue weighted by atomic mass is 16.1. The zero-order valence-electron chi connectivity index (χ0n) is 10.7. The maximum atomic E-state index is 11.6. The average molecular weight is 226 g/mol. The third kappa shape index (κ3) is 2.10. The van der Waals surface area contributed by atoms with Crippen molar-refractivity contribution in [3.05, 3.63) is 47.0 Å². The van der Waals surface area contributed by atoms with E-state index in [0.717, 1.165) is 18.4 Å². The van der Waals surface area contributed by atoms with Crippen molar-refractivity contribution in [2.75, 3.05) is 0 Å². The Morgan fingerprint density at radius 3 is 2.29 bits per heavy atom. The van der Waals surface area contributed by atoms with E-state index in [2.05, 4.69) is 32.0 Å². The summed E-state index contributed by atoms with van der Waals surface area (Å²) in [7, 11) is 0. The standard InChI is InChI=1S/C16H18O/c1-4-12-7-6-8-15-13(5-2)9-14(11(3)17)10-16(12)15/h6-10H,4-5H2,1-3H3. The molecule has 0 spiro atoms. The van der Waals surface area contributed by atoms with Crippen LogP contribution in [0.25, 0.3) is 10.8 Å². The normalized spacial score (nSPS) is 10.8. The minimum Gasteiger partial charge on any atom is -0.295 e. The summed E-state index contributed by atoms with van der Waals surface area (Å²) in [4.78, 5) is 11.6. The van der Waals surface area contributed by atoms with Crippen LogP contribution in [0, 0.1) is 0 Å². The second kappa shape index (κ2) is 4.70. The molecule has 0 aliphatic rings. The number of fused-ring (bicyclic) bond motifs is 1. The number of rotatable bonds is 3. The van der Waals surface area contributed by atoms with Gasteiger partial charge in [0, 0.05) is 5.56 Å². The molecule has 1 nitrogen and oxygen atoms in total. The molecule has 0 heterocycles. The van der Waals surface area contributed by atoms with E-state index in [4.69, 9.17) is 0 Å². The molecule has 0 fully saturated rings. The SMILES string of the molecule is CCc1cc(C(C)=O)cc2c(CC)cccc12. The highest BCUT2D eigenvalue weighted by Crippen LogP contribution is 2.25. The molecule has 2 rings (SSSR count). The van der Waals surface area contributed by atoms with Gasteiger partial charge in [0.2, 0.25) is 0 Å². The number of Topliss-reactive ketones (excluding diaryl/α,β-unsaturated/α-hetero) is 1. The molecule has 0 amide bonds. The van der Waals surface area contributed by atoms with Gasteiger partial charge in [0.15, 0.2) is 5.78 Å². The molecular weight excluding hydrogens is 208 g/mol. The fourth-order valence-electron chi connectivity index (χ4n) is 2.33. The zero-order valence-corrected chi connectivity index (χ0v) is 10.7. The largest absolute Gasteiger partial charge is 0.295 e. The maximum Gasteiger partial charge on any atom is 0.159 e. The summed E-state index contributed by atoms with van der Waals surface area (Å²) in [6, 6.07) is 10.5. The fraction of sp³-hybridized carbons (Fsp3) is 0.312. The van der Waals surface area contributed by atoms with Gasteiger partial charge < -0.3 is 0 Å². The van der Waals surface area contributed by atoms with Crippen LogP contribution in [-0.2, 0) is 12.8 Å². The Kier molecular flexibility index (Phi) is 3.28. The third-order valence-corrected chi connectivity index (χ3v) is 3.34. The Morgan fingerprint density at radius 1 is 1.00 bits per heavy atom. The summed E-state index contributed by atoms with van der Waals surface area (Å²) in [5.74, 6) is 0.146. The van der Waals surface area contributed by atoms with Crippen LogP contribution in [0.3, 0.4) is 0 Å². The van der Waals surface area contributed by atoms with Crippen molar-refractivity contribution in [1.82, 2.24) is 0 Å². The van der Waals surface area contributed by atoms with Gasteiger partial charge in [-0.25, -0.2) is 0 Å². The first-order chi connectivity index (χ1) is 8.17. The van der Waals surface area contributed by atoms with Crippen LogP contribution in [-0.4, -0.2) is 5.78 Å². The number of hydrogen-bond donors (Lipinski definition) is 0. The first-order valence-electron chi connectivity index (χ1n) is 6.22. The van der Waals surface area contributed by atoms with Crippen LogP contribution >= 0.6 is 0 Å². The van der Waals surface area contributed by atoms with E-state index in [9.17, 15) is 4.79 Å². The molecule has 2 aromatic rings. The Morgan fingerprint density at radius 2 is 1.71 bits per heavy atom. The van der Waals surface area contributed by atoms with E-state index >= 15 is 0 Å². The number of carbonyl (C=O) groups is 1. The van der Waals surface area contributed by atoms with Gasteiger partial charge in [-0.15, -0.1) is 0 Å². The molecule has 0 atom stereocenters. The maximum absolute atomic E-state index is 11.6. The summed E-state index contributed by atoms with van der Waals surface area (Å²) in [5.41, 5.74) is 3.42. The van der Waals surface area contributed by atoms with Crippen molar-refractivity contribution < 1.29 is 4.79 Å². The lowest BCUT2D eigenvalue weighted by molar-refractivity contribution is 0.101. The molecule has 0 aliphatic heterocycles. The molecule has 0 aromatic heterocycles. The van der Waals surface area contributed by atoms with Gasteiger partial charge in [-0.2, -0.15) is 0 Å². The van der Waals surface area contributed by atoms with Gasteiger partial charge in [0.05, 0.1) is 0 Å². The van der Waals surface area contributed by atoms with E-state index in [-0.39, 0.29) is 5.78 Å². The molecule has 0 bridgehead atoms. The smallest absolute Gasteiger partial charge is 0.159 e. The minimum absolute atomic E-state index is 0.146. The second-order valence-electron chi connectivity index (χ2n) is 4.41. The summed E-state index contributed by atoms with van der Waals surface area (Å²) < 4.78 is 0. The first-order valence-corrected chi connectivity index (χ1v) is 6.22. The number of ketones is 1. The second-order valence-corrected chi connectivity index (χ2v) is 4.41. The quantitative estimate of drug-likeness (QED) is 0.718. The van der Waals surface area contributed by atoms with Gasteiger partial charge in [-0.3, -0.25) is 4.79 Å². The van der Waals surface area contributed by atoms with Crippen LogP contribution < -0.4 is 0 Å². The molecule has 0 aliphatic carbocycles. The molecular formula is C16H18O. The van der Waals surface area contributed by atoms with E-state index in [0.29, 0.717) is 0 Å². The van der Waals surface area contributed by atoms with Crippen LogP contribution in [0.2, 0.25) is 0 Å². The van der Waals surface area contributed by atoms with E-state index in [1.807, 2.05) is 12.1 Å². The fourth-order valence-corrected chi connectivity index (χ4v) is 2.33. The van der Waals surface area contributed by atoms with Crippen molar-refractivity contribution in [3.8, 4) is 0 Å². The molecule has 2 aromatic carbocycles. The van der Waals surface area contributed by atoms with Crippen molar-refractivity contribution in [2.24, 2.45) is 0 Å². The first kappa shape index (κ1) is 11.8. The van der Waals surface area contributed by atoms with Gasteiger partial charge >= 0.3 is 0 Å². The van der Waals surface area contributed by atoms with Gasteiger partial charge in [-0.1, -0.05) is 32.0 Å². The molecule has 0 saturated heterocycles. The monoisotopic (exact) mass is 226 g/mol. The zero-order chi connectivity index (χ0) is 12.4. The molecule has 17 heavy (non-hydrogen) atoms. The topological polar surface area (TPSA) is 17.1 Å². The lowest BCUT2D eigenvalue weighted by Crippen LogP contribution is -1.97. The third-order valence-electron chi connectivity index (χ3n) is 3.34. The molecule has 1 heteroatoms. The van der Waals surface area contributed by atoms with Crippen LogP contribution in [0.5, 0.6) is 0 Å². The van der Waals surface area contributed by atoms with E-state index in [1.165, 1.54) is 21.9 Å². The van der Waals surface area contributed by atoms with E-state index in [1.54, 1.807) is 6.92 Å². The van der Waals surface area contributed by atoms with Crippen molar-refractivity contribution >= 4 is 16.6 Å². The average Bonchev–Trinajstić information content (AvgIpc) is 2.36. The Balaban J connectivity index is 2.82. The van der Waals surface area contributed by atoms with Crippen molar-refractivity contribution in [3.63, 3.8) is 0 Å². The summed E-state index contributed by atoms with van der Waals surface area (Å²) in [6.07, 6.45) is 1.96. The van der Waals surface area contributed by atoms with E-state index < -0.39 is 0 Å². The highest BCUT2D eigenvalue weighted by molar-refractivity contribution is 6.00. The number of hydrogen-bond acceptors (Lipinski definition) is 1. The molecule has 0 unspecified atom stereocenters. The summed E-state index contributed by atoms with van der Waals surface area (Å²) in [5, 5.41) is 2.52. The summed E-state index contributed by atoms with van der Waals surface area (Å²) >= 11 is 0. The van der Waals surface area contributed by atoms with Gasteiger partial charge in [-0.05, 0) is 53.8 Å². The number of benzene rings is 2. The lowest BCUT2D eigenvalue weighted by atomic mass is 9.94. The minimum atomic E-state index is 0.146. The molecule has 0 saturated carbocycles. The van der Waals surface area contributed by atoms with Gasteiger partial charge in [0.1, 0.15) is 0 Å². The van der Waals surface area contributed by atoms with Gasteiger partial charge in [0.25, 0.3) is 0 Å². The number of aryl methyl sites for hydroxylation is 2. The summed E-state index contributed by atoms with van der Waals surface area (Å²) in [6.45, 7) is 5.92. The molecule has 0 N–H and O–H groups in total. The lowest BCUT2D eigenvalue weighted by Gasteiger charge is -2.10.